The summed E-state index contributed by atoms with van der Waals surface area (Å²) in [7, 11) is 0. The summed E-state index contributed by atoms with van der Waals surface area (Å²) in [5.74, 6) is 0.928. The summed E-state index contributed by atoms with van der Waals surface area (Å²) >= 11 is 5.74. The van der Waals surface area contributed by atoms with E-state index in [4.69, 9.17) is 11.6 Å². The number of hydrogen-bond donors (Lipinski definition) is 1. The number of carbonyl (C=O) groups is 1. The molecule has 2 aromatic rings. The van der Waals surface area contributed by atoms with Crippen LogP contribution in [0.25, 0.3) is 0 Å². The molecular formula is C17H16ClNO. The van der Waals surface area contributed by atoms with Crippen LogP contribution >= 0.6 is 11.6 Å². The van der Waals surface area contributed by atoms with Gasteiger partial charge in [0.25, 0.3) is 5.91 Å². The van der Waals surface area contributed by atoms with E-state index in [2.05, 4.69) is 17.4 Å². The van der Waals surface area contributed by atoms with Crippen molar-refractivity contribution in [2.24, 2.45) is 0 Å². The first-order valence-electron chi connectivity index (χ1n) is 6.78. The van der Waals surface area contributed by atoms with Crippen LogP contribution in [-0.2, 0) is 5.88 Å². The highest BCUT2D eigenvalue weighted by atomic mass is 35.5. The van der Waals surface area contributed by atoms with Gasteiger partial charge in [0.05, 0.1) is 0 Å². The highest BCUT2D eigenvalue weighted by Crippen LogP contribution is 2.40. The van der Waals surface area contributed by atoms with Gasteiger partial charge in [0.1, 0.15) is 0 Å². The first-order valence-corrected chi connectivity index (χ1v) is 7.32. The summed E-state index contributed by atoms with van der Waals surface area (Å²) in [6.45, 7) is 0. The van der Waals surface area contributed by atoms with Crippen molar-refractivity contribution in [3.05, 3.63) is 71.3 Å². The number of alkyl halides is 1. The van der Waals surface area contributed by atoms with Crippen LogP contribution in [0.3, 0.4) is 0 Å². The number of hydrogen-bond acceptors (Lipinski definition) is 1. The van der Waals surface area contributed by atoms with Gasteiger partial charge >= 0.3 is 0 Å². The molecule has 1 aliphatic rings. The Kier molecular flexibility index (Phi) is 3.75. The van der Waals surface area contributed by atoms with Crippen LogP contribution in [0.5, 0.6) is 0 Å². The molecule has 1 amide bonds. The third-order valence-corrected chi connectivity index (χ3v) is 4.01. The van der Waals surface area contributed by atoms with E-state index < -0.39 is 0 Å². The van der Waals surface area contributed by atoms with Crippen molar-refractivity contribution in [3.63, 3.8) is 0 Å². The third-order valence-electron chi connectivity index (χ3n) is 3.71. The largest absolute Gasteiger partial charge is 0.349 e. The first-order chi connectivity index (χ1) is 9.78. The molecule has 1 aliphatic carbocycles. The molecule has 102 valence electrons. The molecule has 0 aromatic heterocycles. The summed E-state index contributed by atoms with van der Waals surface area (Å²) in [6, 6.07) is 18.0. The second kappa shape index (κ2) is 5.68. The molecule has 1 N–H and O–H groups in total. The summed E-state index contributed by atoms with van der Waals surface area (Å²) in [5, 5.41) is 3.08. The maximum Gasteiger partial charge on any atom is 0.251 e. The van der Waals surface area contributed by atoms with Crippen molar-refractivity contribution in [1.82, 2.24) is 5.32 Å². The van der Waals surface area contributed by atoms with Crippen molar-refractivity contribution in [1.29, 1.82) is 0 Å². The number of nitrogens with one attached hydrogen (secondary N) is 1. The van der Waals surface area contributed by atoms with Crippen molar-refractivity contribution in [3.8, 4) is 0 Å². The average Bonchev–Trinajstić information content (AvgIpc) is 3.27. The molecular weight excluding hydrogens is 270 g/mol. The molecule has 0 saturated heterocycles. The molecule has 0 spiro atoms. The minimum absolute atomic E-state index is 0.00504. The highest BCUT2D eigenvalue weighted by molar-refractivity contribution is 6.17. The molecule has 2 unspecified atom stereocenters. The number of benzene rings is 2. The van der Waals surface area contributed by atoms with Gasteiger partial charge < -0.3 is 5.32 Å². The highest BCUT2D eigenvalue weighted by Gasteiger charge is 2.39. The fourth-order valence-electron chi connectivity index (χ4n) is 2.42. The lowest BCUT2D eigenvalue weighted by Gasteiger charge is -2.05. The zero-order chi connectivity index (χ0) is 13.9. The van der Waals surface area contributed by atoms with E-state index in [1.807, 2.05) is 42.5 Å². The predicted molar refractivity (Wildman–Crippen MR) is 81.1 cm³/mol. The molecule has 0 radical (unpaired) electrons. The van der Waals surface area contributed by atoms with Crippen molar-refractivity contribution < 1.29 is 4.79 Å². The van der Waals surface area contributed by atoms with Gasteiger partial charge in [0.15, 0.2) is 0 Å². The average molecular weight is 286 g/mol. The number of rotatable bonds is 4. The molecule has 2 nitrogen and oxygen atoms in total. The Labute approximate surface area is 123 Å². The fraction of sp³-hybridized carbons (Fsp3) is 0.235. The summed E-state index contributed by atoms with van der Waals surface area (Å²) in [6.07, 6.45) is 1.02. The molecule has 1 fully saturated rings. The van der Waals surface area contributed by atoms with E-state index in [9.17, 15) is 4.79 Å². The number of amides is 1. The van der Waals surface area contributed by atoms with E-state index in [1.165, 1.54) is 5.56 Å². The van der Waals surface area contributed by atoms with Gasteiger partial charge in [0.2, 0.25) is 0 Å². The smallest absolute Gasteiger partial charge is 0.251 e. The second-order valence-corrected chi connectivity index (χ2v) is 5.43. The van der Waals surface area contributed by atoms with E-state index in [1.54, 1.807) is 0 Å². The Bertz CT molecular complexity index is 594. The van der Waals surface area contributed by atoms with Crippen LogP contribution in [0.1, 0.15) is 33.8 Å². The van der Waals surface area contributed by atoms with Gasteiger partial charge in [0, 0.05) is 23.4 Å². The summed E-state index contributed by atoms with van der Waals surface area (Å²) in [5.41, 5.74) is 3.02. The quantitative estimate of drug-likeness (QED) is 0.853. The van der Waals surface area contributed by atoms with Gasteiger partial charge in [-0.1, -0.05) is 42.5 Å². The standard InChI is InChI=1S/C17H16ClNO/c18-11-12-6-8-14(9-7-12)17(20)19-16-10-15(16)13-4-2-1-3-5-13/h1-9,15-16H,10-11H2,(H,19,20). The zero-order valence-electron chi connectivity index (χ0n) is 11.1. The van der Waals surface area contributed by atoms with Crippen molar-refractivity contribution in [2.45, 2.75) is 24.3 Å². The third kappa shape index (κ3) is 2.86. The van der Waals surface area contributed by atoms with Crippen LogP contribution in [0.4, 0.5) is 0 Å². The van der Waals surface area contributed by atoms with Crippen LogP contribution in [-0.4, -0.2) is 11.9 Å². The van der Waals surface area contributed by atoms with Gasteiger partial charge in [-0.25, -0.2) is 0 Å². The Morgan fingerprint density at radius 2 is 1.80 bits per heavy atom. The lowest BCUT2D eigenvalue weighted by atomic mass is 10.1. The Morgan fingerprint density at radius 1 is 1.10 bits per heavy atom. The monoisotopic (exact) mass is 285 g/mol. The number of halogens is 1. The van der Waals surface area contributed by atoms with Gasteiger partial charge in [-0.2, -0.15) is 0 Å². The van der Waals surface area contributed by atoms with Gasteiger partial charge in [-0.15, -0.1) is 11.6 Å². The summed E-state index contributed by atoms with van der Waals surface area (Å²) < 4.78 is 0. The molecule has 3 rings (SSSR count). The summed E-state index contributed by atoms with van der Waals surface area (Å²) in [4.78, 5) is 12.1. The first kappa shape index (κ1) is 13.2. The molecule has 0 bridgehead atoms. The maximum atomic E-state index is 12.1. The fourth-order valence-corrected chi connectivity index (χ4v) is 2.60. The molecule has 2 atom stereocenters. The molecule has 2 aromatic carbocycles. The van der Waals surface area contributed by atoms with E-state index in [-0.39, 0.29) is 11.9 Å². The van der Waals surface area contributed by atoms with E-state index in [0.717, 1.165) is 12.0 Å². The van der Waals surface area contributed by atoms with Crippen LogP contribution in [0.15, 0.2) is 54.6 Å². The Hall–Kier alpha value is -1.80. The number of carbonyl (C=O) groups excluding carboxylic acids is 1. The molecule has 3 heteroatoms. The SMILES string of the molecule is O=C(NC1CC1c1ccccc1)c1ccc(CCl)cc1. The second-order valence-electron chi connectivity index (χ2n) is 5.16. The van der Waals surface area contributed by atoms with E-state index in [0.29, 0.717) is 17.4 Å². The van der Waals surface area contributed by atoms with Gasteiger partial charge in [-0.3, -0.25) is 4.79 Å². The van der Waals surface area contributed by atoms with Crippen LogP contribution in [0, 0.1) is 0 Å². The Morgan fingerprint density at radius 3 is 2.45 bits per heavy atom. The van der Waals surface area contributed by atoms with Crippen molar-refractivity contribution in [2.75, 3.05) is 0 Å². The lowest BCUT2D eigenvalue weighted by Crippen LogP contribution is -2.26. The van der Waals surface area contributed by atoms with Gasteiger partial charge in [-0.05, 0) is 29.7 Å². The topological polar surface area (TPSA) is 29.1 Å². The molecule has 0 aliphatic heterocycles. The van der Waals surface area contributed by atoms with E-state index >= 15 is 0 Å². The molecule has 0 heterocycles. The predicted octanol–water partition coefficient (Wildman–Crippen LogP) is 3.71. The van der Waals surface area contributed by atoms with Crippen LogP contribution in [0.2, 0.25) is 0 Å². The minimum Gasteiger partial charge on any atom is -0.349 e. The van der Waals surface area contributed by atoms with Crippen LogP contribution < -0.4 is 5.32 Å². The Balaban J connectivity index is 1.60. The zero-order valence-corrected chi connectivity index (χ0v) is 11.8. The van der Waals surface area contributed by atoms with Crippen molar-refractivity contribution >= 4 is 17.5 Å². The lowest BCUT2D eigenvalue weighted by molar-refractivity contribution is 0.0950. The molecule has 1 saturated carbocycles. The maximum absolute atomic E-state index is 12.1. The molecule has 20 heavy (non-hydrogen) atoms. The minimum atomic E-state index is -0.00504. The normalized spacial score (nSPS) is 20.4.